The van der Waals surface area contributed by atoms with Crippen molar-refractivity contribution in [2.45, 2.75) is 0 Å². The van der Waals surface area contributed by atoms with Gasteiger partial charge in [0.05, 0.1) is 38.0 Å². The number of benzene rings is 2. The van der Waals surface area contributed by atoms with Gasteiger partial charge in [-0.1, -0.05) is 6.07 Å². The molecule has 0 radical (unpaired) electrons. The number of ether oxygens (including phenoxy) is 3. The first-order valence-electron chi connectivity index (χ1n) is 6.34. The maximum Gasteiger partial charge on any atom is 0.338 e. The molecule has 114 valence electrons. The summed E-state index contributed by atoms with van der Waals surface area (Å²) in [5.41, 5.74) is 0.693. The van der Waals surface area contributed by atoms with Crippen molar-refractivity contribution in [3.8, 4) is 0 Å². The molecule has 22 heavy (non-hydrogen) atoms. The highest BCUT2D eigenvalue weighted by Crippen LogP contribution is 2.24. The van der Waals surface area contributed by atoms with Gasteiger partial charge in [-0.25, -0.2) is 14.4 Å². The van der Waals surface area contributed by atoms with E-state index in [0.717, 1.165) is 0 Å². The summed E-state index contributed by atoms with van der Waals surface area (Å²) in [7, 11) is 3.77. The summed E-state index contributed by atoms with van der Waals surface area (Å²) >= 11 is 0. The molecule has 0 aliphatic rings. The Kier molecular flexibility index (Phi) is 4.41. The van der Waals surface area contributed by atoms with Gasteiger partial charge in [-0.3, -0.25) is 0 Å². The van der Waals surface area contributed by atoms with E-state index in [-0.39, 0.29) is 11.1 Å². The fourth-order valence-corrected chi connectivity index (χ4v) is 2.12. The zero-order valence-electron chi connectivity index (χ0n) is 12.3. The third kappa shape index (κ3) is 2.76. The van der Waals surface area contributed by atoms with Crippen molar-refractivity contribution in [2.24, 2.45) is 0 Å². The molecule has 0 unspecified atom stereocenters. The third-order valence-corrected chi connectivity index (χ3v) is 3.20. The molecule has 2 aromatic rings. The van der Waals surface area contributed by atoms with Crippen molar-refractivity contribution < 1.29 is 28.6 Å². The molecule has 6 heteroatoms. The lowest BCUT2D eigenvalue weighted by Gasteiger charge is -2.09. The lowest BCUT2D eigenvalue weighted by atomic mass is 9.98. The van der Waals surface area contributed by atoms with E-state index in [9.17, 15) is 14.4 Å². The van der Waals surface area contributed by atoms with Gasteiger partial charge in [0.25, 0.3) is 0 Å². The Morgan fingerprint density at radius 1 is 0.727 bits per heavy atom. The lowest BCUT2D eigenvalue weighted by molar-refractivity contribution is 0.0586. The number of methoxy groups -OCH3 is 3. The van der Waals surface area contributed by atoms with Crippen LogP contribution in [0.25, 0.3) is 10.8 Å². The second-order valence-electron chi connectivity index (χ2n) is 4.43. The minimum atomic E-state index is -0.613. The smallest absolute Gasteiger partial charge is 0.338 e. The summed E-state index contributed by atoms with van der Waals surface area (Å²) in [6, 6.07) is 7.65. The molecule has 0 amide bonds. The van der Waals surface area contributed by atoms with Gasteiger partial charge in [0.1, 0.15) is 0 Å². The van der Waals surface area contributed by atoms with E-state index in [1.54, 1.807) is 18.2 Å². The van der Waals surface area contributed by atoms with Crippen LogP contribution in [0.15, 0.2) is 30.3 Å². The van der Waals surface area contributed by atoms with Crippen LogP contribution in [0.4, 0.5) is 0 Å². The summed E-state index contributed by atoms with van der Waals surface area (Å²) < 4.78 is 14.1. The molecule has 0 aromatic heterocycles. The van der Waals surface area contributed by atoms with E-state index in [1.807, 2.05) is 0 Å². The van der Waals surface area contributed by atoms with E-state index in [1.165, 1.54) is 33.5 Å². The molecule has 0 fully saturated rings. The van der Waals surface area contributed by atoms with Crippen LogP contribution in [0.3, 0.4) is 0 Å². The Hall–Kier alpha value is -2.89. The summed E-state index contributed by atoms with van der Waals surface area (Å²) in [5, 5.41) is 1.10. The van der Waals surface area contributed by atoms with Crippen molar-refractivity contribution in [1.82, 2.24) is 0 Å². The zero-order chi connectivity index (χ0) is 16.3. The minimum Gasteiger partial charge on any atom is -0.465 e. The zero-order valence-corrected chi connectivity index (χ0v) is 12.3. The van der Waals surface area contributed by atoms with Crippen molar-refractivity contribution >= 4 is 28.7 Å². The van der Waals surface area contributed by atoms with E-state index in [2.05, 4.69) is 9.47 Å². The molecule has 0 spiro atoms. The van der Waals surface area contributed by atoms with Crippen LogP contribution >= 0.6 is 0 Å². The van der Waals surface area contributed by atoms with Crippen LogP contribution in [0.5, 0.6) is 0 Å². The summed E-state index contributed by atoms with van der Waals surface area (Å²) in [5.74, 6) is -1.70. The van der Waals surface area contributed by atoms with Gasteiger partial charge in [-0.2, -0.15) is 0 Å². The van der Waals surface area contributed by atoms with Gasteiger partial charge in [0.15, 0.2) is 0 Å². The Balaban J connectivity index is 2.73. The van der Waals surface area contributed by atoms with Crippen LogP contribution < -0.4 is 0 Å². The highest BCUT2D eigenvalue weighted by molar-refractivity contribution is 6.09. The number of hydrogen-bond acceptors (Lipinski definition) is 6. The SMILES string of the molecule is COC(=O)c1cc(C(=O)OC)c2cc(C(=O)OC)ccc2c1. The first-order chi connectivity index (χ1) is 10.5. The second kappa shape index (κ2) is 6.26. The quantitative estimate of drug-likeness (QED) is 0.639. The van der Waals surface area contributed by atoms with E-state index in [4.69, 9.17) is 4.74 Å². The van der Waals surface area contributed by atoms with E-state index < -0.39 is 17.9 Å². The predicted octanol–water partition coefficient (Wildman–Crippen LogP) is 2.20. The van der Waals surface area contributed by atoms with Crippen molar-refractivity contribution in [3.05, 3.63) is 47.0 Å². The first kappa shape index (κ1) is 15.5. The largest absolute Gasteiger partial charge is 0.465 e. The normalized spacial score (nSPS) is 10.1. The molecule has 0 aliphatic carbocycles. The Morgan fingerprint density at radius 2 is 1.32 bits per heavy atom. The highest BCUT2D eigenvalue weighted by Gasteiger charge is 2.17. The number of carbonyl (C=O) groups is 3. The van der Waals surface area contributed by atoms with Crippen molar-refractivity contribution in [3.63, 3.8) is 0 Å². The number of carbonyl (C=O) groups excluding carboxylic acids is 3. The van der Waals surface area contributed by atoms with E-state index in [0.29, 0.717) is 16.3 Å². The number of hydrogen-bond donors (Lipinski definition) is 0. The maximum atomic E-state index is 12.0. The highest BCUT2D eigenvalue weighted by atomic mass is 16.5. The summed E-state index contributed by atoms with van der Waals surface area (Å²) in [6.45, 7) is 0. The minimum absolute atomic E-state index is 0.172. The maximum absolute atomic E-state index is 12.0. The predicted molar refractivity (Wildman–Crippen MR) is 78.0 cm³/mol. The standard InChI is InChI=1S/C16H14O6/c1-20-14(17)10-5-4-9-6-11(15(18)21-2)8-13(12(9)7-10)16(19)22-3/h4-8H,1-3H3. The molecule has 0 aliphatic heterocycles. The molecule has 0 N–H and O–H groups in total. The van der Waals surface area contributed by atoms with Crippen LogP contribution in [-0.2, 0) is 14.2 Å². The number of fused-ring (bicyclic) bond motifs is 1. The van der Waals surface area contributed by atoms with Gasteiger partial charge in [0.2, 0.25) is 0 Å². The molecule has 0 heterocycles. The van der Waals surface area contributed by atoms with Crippen molar-refractivity contribution in [2.75, 3.05) is 21.3 Å². The molecule has 0 atom stereocenters. The Bertz CT molecular complexity index is 763. The Morgan fingerprint density at radius 3 is 1.91 bits per heavy atom. The van der Waals surface area contributed by atoms with E-state index >= 15 is 0 Å². The Labute approximate surface area is 126 Å². The average Bonchev–Trinajstić information content (AvgIpc) is 2.57. The number of esters is 3. The molecular weight excluding hydrogens is 288 g/mol. The molecule has 0 saturated heterocycles. The fourth-order valence-electron chi connectivity index (χ4n) is 2.12. The van der Waals surface area contributed by atoms with Gasteiger partial charge < -0.3 is 14.2 Å². The van der Waals surface area contributed by atoms with Crippen molar-refractivity contribution in [1.29, 1.82) is 0 Å². The monoisotopic (exact) mass is 302 g/mol. The van der Waals surface area contributed by atoms with Crippen LogP contribution in [0, 0.1) is 0 Å². The molecule has 0 bridgehead atoms. The van der Waals surface area contributed by atoms with Crippen LogP contribution in [0.2, 0.25) is 0 Å². The van der Waals surface area contributed by atoms with Gasteiger partial charge in [-0.05, 0) is 35.0 Å². The fraction of sp³-hybridized carbons (Fsp3) is 0.188. The topological polar surface area (TPSA) is 78.9 Å². The van der Waals surface area contributed by atoms with Gasteiger partial charge in [0, 0.05) is 0 Å². The summed E-state index contributed by atoms with van der Waals surface area (Å²) in [6.07, 6.45) is 0. The van der Waals surface area contributed by atoms with Crippen LogP contribution in [-0.4, -0.2) is 39.2 Å². The second-order valence-corrected chi connectivity index (χ2v) is 4.43. The first-order valence-corrected chi connectivity index (χ1v) is 6.34. The van der Waals surface area contributed by atoms with Crippen LogP contribution in [0.1, 0.15) is 31.1 Å². The molecule has 0 saturated carbocycles. The molecule has 6 nitrogen and oxygen atoms in total. The molecular formula is C16H14O6. The van der Waals surface area contributed by atoms with Gasteiger partial charge in [-0.15, -0.1) is 0 Å². The lowest BCUT2D eigenvalue weighted by Crippen LogP contribution is -2.08. The van der Waals surface area contributed by atoms with Gasteiger partial charge >= 0.3 is 17.9 Å². The number of rotatable bonds is 3. The molecule has 2 rings (SSSR count). The summed E-state index contributed by atoms with van der Waals surface area (Å²) in [4.78, 5) is 35.3. The molecule has 2 aromatic carbocycles. The third-order valence-electron chi connectivity index (χ3n) is 3.20. The average molecular weight is 302 g/mol.